The van der Waals surface area contributed by atoms with Crippen molar-refractivity contribution in [2.45, 2.75) is 13.3 Å². The van der Waals surface area contributed by atoms with E-state index in [2.05, 4.69) is 10.6 Å². The Morgan fingerprint density at radius 1 is 1.26 bits per heavy atom. The van der Waals surface area contributed by atoms with Crippen molar-refractivity contribution in [1.29, 1.82) is 0 Å². The predicted molar refractivity (Wildman–Crippen MR) is 84.8 cm³/mol. The van der Waals surface area contributed by atoms with E-state index in [0.717, 1.165) is 12.0 Å². The number of amides is 3. The van der Waals surface area contributed by atoms with Crippen LogP contribution in [0.3, 0.4) is 0 Å². The minimum Gasteiger partial charge on any atom is -0.497 e. The number of carbonyl (C=O) groups is 3. The van der Waals surface area contributed by atoms with Crippen molar-refractivity contribution in [3.05, 3.63) is 35.9 Å². The number of methoxy groups -OCH3 is 1. The SMILES string of the molecule is CCCNC(=O)NC(=O)COC(=O)/C=C/c1cccc(OC)c1. The van der Waals surface area contributed by atoms with Crippen molar-refractivity contribution < 1.29 is 23.9 Å². The van der Waals surface area contributed by atoms with Gasteiger partial charge in [0.2, 0.25) is 0 Å². The van der Waals surface area contributed by atoms with Gasteiger partial charge in [-0.2, -0.15) is 0 Å². The molecule has 0 atom stereocenters. The molecule has 3 amide bonds. The summed E-state index contributed by atoms with van der Waals surface area (Å²) in [7, 11) is 1.55. The molecule has 0 radical (unpaired) electrons. The number of hydrogen-bond acceptors (Lipinski definition) is 5. The fraction of sp³-hybridized carbons (Fsp3) is 0.312. The molecule has 0 spiro atoms. The van der Waals surface area contributed by atoms with Crippen LogP contribution in [0.25, 0.3) is 6.08 Å². The second-order valence-electron chi connectivity index (χ2n) is 4.52. The number of urea groups is 1. The quantitative estimate of drug-likeness (QED) is 0.586. The second-order valence-corrected chi connectivity index (χ2v) is 4.52. The molecule has 0 aliphatic heterocycles. The molecular formula is C16H20N2O5. The highest BCUT2D eigenvalue weighted by Crippen LogP contribution is 2.13. The summed E-state index contributed by atoms with van der Waals surface area (Å²) in [4.78, 5) is 34.1. The molecule has 0 saturated carbocycles. The first kappa shape index (κ1) is 18.2. The van der Waals surface area contributed by atoms with Crippen LogP contribution in [0.2, 0.25) is 0 Å². The fourth-order valence-electron chi connectivity index (χ4n) is 1.54. The molecule has 1 aromatic carbocycles. The summed E-state index contributed by atoms with van der Waals surface area (Å²) in [5, 5.41) is 4.52. The minimum absolute atomic E-state index is 0.460. The van der Waals surface area contributed by atoms with Crippen LogP contribution in [0, 0.1) is 0 Å². The van der Waals surface area contributed by atoms with E-state index < -0.39 is 24.5 Å². The average Bonchev–Trinajstić information content (AvgIpc) is 2.56. The van der Waals surface area contributed by atoms with Gasteiger partial charge in [-0.1, -0.05) is 19.1 Å². The Bertz CT molecular complexity index is 584. The Morgan fingerprint density at radius 3 is 2.74 bits per heavy atom. The van der Waals surface area contributed by atoms with Gasteiger partial charge in [-0.25, -0.2) is 9.59 Å². The lowest BCUT2D eigenvalue weighted by molar-refractivity contribution is -0.143. The van der Waals surface area contributed by atoms with E-state index in [4.69, 9.17) is 9.47 Å². The lowest BCUT2D eigenvalue weighted by atomic mass is 10.2. The fourth-order valence-corrected chi connectivity index (χ4v) is 1.54. The van der Waals surface area contributed by atoms with Crippen LogP contribution >= 0.6 is 0 Å². The molecule has 0 saturated heterocycles. The Morgan fingerprint density at radius 2 is 2.04 bits per heavy atom. The van der Waals surface area contributed by atoms with Gasteiger partial charge in [-0.3, -0.25) is 10.1 Å². The molecule has 0 fully saturated rings. The number of nitrogens with one attached hydrogen (secondary N) is 2. The maximum Gasteiger partial charge on any atom is 0.331 e. The first-order valence-corrected chi connectivity index (χ1v) is 7.11. The number of benzene rings is 1. The maximum atomic E-state index is 11.5. The third-order valence-electron chi connectivity index (χ3n) is 2.64. The van der Waals surface area contributed by atoms with Crippen molar-refractivity contribution in [3.63, 3.8) is 0 Å². The molecule has 0 aliphatic carbocycles. The average molecular weight is 320 g/mol. The summed E-state index contributed by atoms with van der Waals surface area (Å²) in [6, 6.07) is 6.49. The van der Waals surface area contributed by atoms with Crippen LogP contribution in [-0.2, 0) is 14.3 Å². The van der Waals surface area contributed by atoms with Gasteiger partial charge in [0.1, 0.15) is 5.75 Å². The minimum atomic E-state index is -0.693. The number of rotatable bonds is 7. The smallest absolute Gasteiger partial charge is 0.331 e. The van der Waals surface area contributed by atoms with Crippen LogP contribution in [0.15, 0.2) is 30.3 Å². The van der Waals surface area contributed by atoms with Crippen molar-refractivity contribution in [2.24, 2.45) is 0 Å². The highest BCUT2D eigenvalue weighted by molar-refractivity contribution is 5.96. The number of imide groups is 1. The maximum absolute atomic E-state index is 11.5. The summed E-state index contributed by atoms with van der Waals surface area (Å²) < 4.78 is 9.80. The van der Waals surface area contributed by atoms with Crippen molar-refractivity contribution in [1.82, 2.24) is 10.6 Å². The van der Waals surface area contributed by atoms with Crippen molar-refractivity contribution in [2.75, 3.05) is 20.3 Å². The number of esters is 1. The van der Waals surface area contributed by atoms with Gasteiger partial charge in [-0.05, 0) is 30.2 Å². The third kappa shape index (κ3) is 7.66. The summed E-state index contributed by atoms with van der Waals surface area (Å²) in [5.41, 5.74) is 0.754. The number of ether oxygens (including phenoxy) is 2. The Balaban J connectivity index is 2.37. The predicted octanol–water partition coefficient (Wildman–Crippen LogP) is 1.49. The molecule has 0 aromatic heterocycles. The zero-order valence-corrected chi connectivity index (χ0v) is 13.1. The van der Waals surface area contributed by atoms with Crippen LogP contribution in [0.4, 0.5) is 4.79 Å². The summed E-state index contributed by atoms with van der Waals surface area (Å²) in [5.74, 6) is -0.711. The summed E-state index contributed by atoms with van der Waals surface area (Å²) in [6.07, 6.45) is 3.49. The molecule has 7 heteroatoms. The van der Waals surface area contributed by atoms with Gasteiger partial charge < -0.3 is 14.8 Å². The third-order valence-corrected chi connectivity index (χ3v) is 2.64. The van der Waals surface area contributed by atoms with E-state index in [1.54, 1.807) is 31.4 Å². The van der Waals surface area contributed by atoms with Crippen LogP contribution in [0.5, 0.6) is 5.75 Å². The first-order valence-electron chi connectivity index (χ1n) is 7.11. The highest BCUT2D eigenvalue weighted by atomic mass is 16.5. The molecule has 0 heterocycles. The Hall–Kier alpha value is -2.83. The topological polar surface area (TPSA) is 93.7 Å². The van der Waals surface area contributed by atoms with E-state index in [1.165, 1.54) is 12.2 Å². The molecule has 7 nitrogen and oxygen atoms in total. The summed E-state index contributed by atoms with van der Waals surface area (Å²) in [6.45, 7) is 1.82. The van der Waals surface area contributed by atoms with Crippen molar-refractivity contribution in [3.8, 4) is 5.75 Å². The molecule has 2 N–H and O–H groups in total. The van der Waals surface area contributed by atoms with Crippen LogP contribution in [-0.4, -0.2) is 38.2 Å². The van der Waals surface area contributed by atoms with Gasteiger partial charge in [0.05, 0.1) is 7.11 Å². The molecule has 0 aliphatic rings. The van der Waals surface area contributed by atoms with Crippen LogP contribution < -0.4 is 15.4 Å². The zero-order chi connectivity index (χ0) is 17.1. The molecular weight excluding hydrogens is 300 g/mol. The van der Waals surface area contributed by atoms with Crippen LogP contribution in [0.1, 0.15) is 18.9 Å². The first-order chi connectivity index (χ1) is 11.0. The van der Waals surface area contributed by atoms with Gasteiger partial charge >= 0.3 is 12.0 Å². The van der Waals surface area contributed by atoms with Gasteiger partial charge in [0.15, 0.2) is 6.61 Å². The van der Waals surface area contributed by atoms with Gasteiger partial charge in [-0.15, -0.1) is 0 Å². The Labute approximate surface area is 134 Å². The van der Waals surface area contributed by atoms with E-state index >= 15 is 0 Å². The van der Waals surface area contributed by atoms with Crippen molar-refractivity contribution >= 4 is 24.0 Å². The Kier molecular flexibility index (Phi) is 7.91. The summed E-state index contributed by atoms with van der Waals surface area (Å²) >= 11 is 0. The van der Waals surface area contributed by atoms with E-state index in [1.807, 2.05) is 6.92 Å². The molecule has 0 bridgehead atoms. The monoisotopic (exact) mass is 320 g/mol. The molecule has 0 unspecified atom stereocenters. The number of carbonyl (C=O) groups excluding carboxylic acids is 3. The highest BCUT2D eigenvalue weighted by Gasteiger charge is 2.08. The lowest BCUT2D eigenvalue weighted by Gasteiger charge is -2.05. The van der Waals surface area contributed by atoms with E-state index in [0.29, 0.717) is 12.3 Å². The number of hydrogen-bond donors (Lipinski definition) is 2. The van der Waals surface area contributed by atoms with E-state index in [-0.39, 0.29) is 0 Å². The second kappa shape index (κ2) is 9.99. The molecule has 1 aromatic rings. The normalized spacial score (nSPS) is 10.2. The van der Waals surface area contributed by atoms with Gasteiger partial charge in [0, 0.05) is 12.6 Å². The molecule has 124 valence electrons. The largest absolute Gasteiger partial charge is 0.497 e. The molecule has 23 heavy (non-hydrogen) atoms. The molecule has 1 rings (SSSR count). The lowest BCUT2D eigenvalue weighted by Crippen LogP contribution is -2.41. The van der Waals surface area contributed by atoms with Gasteiger partial charge in [0.25, 0.3) is 5.91 Å². The zero-order valence-electron chi connectivity index (χ0n) is 13.1. The standard InChI is InChI=1S/C16H20N2O5/c1-3-9-17-16(21)18-14(19)11-23-15(20)8-7-12-5-4-6-13(10-12)22-2/h4-8,10H,3,9,11H2,1-2H3,(H2,17,18,19,21)/b8-7+. The van der Waals surface area contributed by atoms with E-state index in [9.17, 15) is 14.4 Å².